The molecule has 0 bridgehead atoms. The summed E-state index contributed by atoms with van der Waals surface area (Å²) in [5, 5.41) is -0.335. The summed E-state index contributed by atoms with van der Waals surface area (Å²) < 4.78 is 25.9. The van der Waals surface area contributed by atoms with Crippen LogP contribution in [0.3, 0.4) is 0 Å². The third kappa shape index (κ3) is 2.55. The highest BCUT2D eigenvalue weighted by atomic mass is 32.2. The van der Waals surface area contributed by atoms with Crippen LogP contribution in [-0.2, 0) is 10.0 Å². The summed E-state index contributed by atoms with van der Waals surface area (Å²) in [6.07, 6.45) is 4.46. The molecule has 0 saturated carbocycles. The van der Waals surface area contributed by atoms with Crippen molar-refractivity contribution in [3.8, 4) is 0 Å². The molecule has 2 atom stereocenters. The van der Waals surface area contributed by atoms with E-state index in [0.29, 0.717) is 31.6 Å². The fourth-order valence-corrected chi connectivity index (χ4v) is 5.26. The van der Waals surface area contributed by atoms with Crippen LogP contribution >= 0.6 is 0 Å². The first-order valence-corrected chi connectivity index (χ1v) is 8.65. The van der Waals surface area contributed by atoms with Gasteiger partial charge in [0.25, 0.3) is 5.91 Å². The molecule has 114 valence electrons. The number of sulfonamides is 1. The summed E-state index contributed by atoms with van der Waals surface area (Å²) in [6.45, 7) is 1.69. The van der Waals surface area contributed by atoms with Crippen molar-refractivity contribution >= 4 is 15.9 Å². The van der Waals surface area contributed by atoms with E-state index in [2.05, 4.69) is 4.98 Å². The second kappa shape index (κ2) is 5.38. The minimum absolute atomic E-state index is 0.0388. The van der Waals surface area contributed by atoms with Gasteiger partial charge in [0, 0.05) is 44.6 Å². The molecule has 0 unspecified atom stereocenters. The SMILES string of the molecule is CN1C[C@H]2CCN(C(=O)c3ccncc3)CC[C@H]2S1(=O)=O. The normalized spacial score (nSPS) is 28.9. The van der Waals surface area contributed by atoms with Crippen molar-refractivity contribution in [2.45, 2.75) is 18.1 Å². The van der Waals surface area contributed by atoms with E-state index in [0.717, 1.165) is 6.42 Å². The van der Waals surface area contributed by atoms with Gasteiger partial charge in [0.15, 0.2) is 0 Å². The Morgan fingerprint density at radius 1 is 1.24 bits per heavy atom. The number of likely N-dealkylation sites (tertiary alicyclic amines) is 1. The minimum Gasteiger partial charge on any atom is -0.339 e. The first-order chi connectivity index (χ1) is 10.00. The fourth-order valence-electron chi connectivity index (χ4n) is 3.28. The maximum absolute atomic E-state index is 12.4. The van der Waals surface area contributed by atoms with Crippen LogP contribution in [0.25, 0.3) is 0 Å². The summed E-state index contributed by atoms with van der Waals surface area (Å²) in [6, 6.07) is 3.39. The van der Waals surface area contributed by atoms with E-state index >= 15 is 0 Å². The van der Waals surface area contributed by atoms with Crippen molar-refractivity contribution in [1.82, 2.24) is 14.2 Å². The molecule has 0 spiro atoms. The highest BCUT2D eigenvalue weighted by Crippen LogP contribution is 2.33. The number of hydrogen-bond donors (Lipinski definition) is 0. The molecule has 1 aromatic rings. The molecule has 3 heterocycles. The molecular formula is C14H19N3O3S. The molecule has 2 saturated heterocycles. The largest absolute Gasteiger partial charge is 0.339 e. The first kappa shape index (κ1) is 14.5. The van der Waals surface area contributed by atoms with Gasteiger partial charge in [-0.05, 0) is 30.9 Å². The van der Waals surface area contributed by atoms with Crippen molar-refractivity contribution in [3.63, 3.8) is 0 Å². The minimum atomic E-state index is -3.18. The van der Waals surface area contributed by atoms with E-state index < -0.39 is 10.0 Å². The number of carbonyl (C=O) groups is 1. The van der Waals surface area contributed by atoms with Crippen LogP contribution in [0, 0.1) is 5.92 Å². The molecule has 3 rings (SSSR count). The van der Waals surface area contributed by atoms with Gasteiger partial charge in [0.1, 0.15) is 0 Å². The van der Waals surface area contributed by atoms with Gasteiger partial charge in [0.05, 0.1) is 5.25 Å². The molecule has 0 radical (unpaired) electrons. The Hall–Kier alpha value is -1.47. The third-order valence-electron chi connectivity index (χ3n) is 4.50. The van der Waals surface area contributed by atoms with Crippen LogP contribution < -0.4 is 0 Å². The lowest BCUT2D eigenvalue weighted by atomic mass is 10.0. The van der Waals surface area contributed by atoms with Crippen LogP contribution in [0.5, 0.6) is 0 Å². The lowest BCUT2D eigenvalue weighted by Gasteiger charge is -2.21. The lowest BCUT2D eigenvalue weighted by Crippen LogP contribution is -2.34. The number of rotatable bonds is 1. The van der Waals surface area contributed by atoms with E-state index in [9.17, 15) is 13.2 Å². The maximum atomic E-state index is 12.4. The Morgan fingerprint density at radius 2 is 1.90 bits per heavy atom. The van der Waals surface area contributed by atoms with E-state index in [4.69, 9.17) is 0 Å². The number of carbonyl (C=O) groups excluding carboxylic acids is 1. The van der Waals surface area contributed by atoms with E-state index in [1.807, 2.05) is 0 Å². The highest BCUT2D eigenvalue weighted by Gasteiger charge is 2.45. The number of pyridine rings is 1. The Bertz CT molecular complexity index is 632. The molecule has 6 nitrogen and oxygen atoms in total. The van der Waals surface area contributed by atoms with Crippen molar-refractivity contribution in [1.29, 1.82) is 0 Å². The zero-order valence-electron chi connectivity index (χ0n) is 12.0. The topological polar surface area (TPSA) is 70.6 Å². The summed E-state index contributed by atoms with van der Waals surface area (Å²) in [5.41, 5.74) is 0.608. The van der Waals surface area contributed by atoms with Gasteiger partial charge in [-0.15, -0.1) is 0 Å². The van der Waals surface area contributed by atoms with Gasteiger partial charge in [-0.25, -0.2) is 12.7 Å². The first-order valence-electron chi connectivity index (χ1n) is 7.14. The van der Waals surface area contributed by atoms with Gasteiger partial charge in [-0.3, -0.25) is 9.78 Å². The Morgan fingerprint density at radius 3 is 2.62 bits per heavy atom. The molecular weight excluding hydrogens is 290 g/mol. The molecule has 21 heavy (non-hydrogen) atoms. The molecule has 0 aromatic carbocycles. The summed E-state index contributed by atoms with van der Waals surface area (Å²) >= 11 is 0. The van der Waals surface area contributed by atoms with Crippen molar-refractivity contribution in [2.24, 2.45) is 5.92 Å². The second-order valence-electron chi connectivity index (χ2n) is 5.73. The number of amides is 1. The summed E-state index contributed by atoms with van der Waals surface area (Å²) in [5.74, 6) is 0.0957. The zero-order valence-corrected chi connectivity index (χ0v) is 12.8. The molecule has 7 heteroatoms. The van der Waals surface area contributed by atoms with Crippen LogP contribution in [-0.4, -0.2) is 60.4 Å². The Balaban J connectivity index is 1.75. The van der Waals surface area contributed by atoms with Crippen LogP contribution in [0.2, 0.25) is 0 Å². The molecule has 1 amide bonds. The Labute approximate surface area is 124 Å². The van der Waals surface area contributed by atoms with E-state index in [-0.39, 0.29) is 17.1 Å². The van der Waals surface area contributed by atoms with E-state index in [1.54, 1.807) is 36.5 Å². The second-order valence-corrected chi connectivity index (χ2v) is 7.99. The predicted molar refractivity (Wildman–Crippen MR) is 78.2 cm³/mol. The van der Waals surface area contributed by atoms with Crippen LogP contribution in [0.1, 0.15) is 23.2 Å². The number of fused-ring (bicyclic) bond motifs is 1. The van der Waals surface area contributed by atoms with Crippen molar-refractivity contribution < 1.29 is 13.2 Å². The predicted octanol–water partition coefficient (Wildman–Crippen LogP) is 0.578. The average Bonchev–Trinajstić information content (AvgIpc) is 2.64. The fraction of sp³-hybridized carbons (Fsp3) is 0.571. The molecule has 1 aromatic heterocycles. The lowest BCUT2D eigenvalue weighted by molar-refractivity contribution is 0.0759. The van der Waals surface area contributed by atoms with Gasteiger partial charge >= 0.3 is 0 Å². The van der Waals surface area contributed by atoms with Crippen molar-refractivity contribution in [3.05, 3.63) is 30.1 Å². The molecule has 2 fully saturated rings. The standard InChI is InChI=1S/C14H19N3O3S/c1-16-10-12-4-8-17(9-5-13(12)21(16,19)20)14(18)11-2-6-15-7-3-11/h2-3,6-7,12-13H,4-5,8-10H2,1H3/t12-,13-/m1/s1. The highest BCUT2D eigenvalue weighted by molar-refractivity contribution is 7.90. The number of hydrogen-bond acceptors (Lipinski definition) is 4. The maximum Gasteiger partial charge on any atom is 0.253 e. The molecule has 0 aliphatic carbocycles. The number of nitrogens with zero attached hydrogens (tertiary/aromatic N) is 3. The third-order valence-corrected chi connectivity index (χ3v) is 6.91. The van der Waals surface area contributed by atoms with Gasteiger partial charge < -0.3 is 4.90 Å². The van der Waals surface area contributed by atoms with Crippen molar-refractivity contribution in [2.75, 3.05) is 26.7 Å². The smallest absolute Gasteiger partial charge is 0.253 e. The Kier molecular flexibility index (Phi) is 3.71. The van der Waals surface area contributed by atoms with Gasteiger partial charge in [-0.1, -0.05) is 0 Å². The molecule has 2 aliphatic heterocycles. The van der Waals surface area contributed by atoms with Gasteiger partial charge in [-0.2, -0.15) is 0 Å². The summed E-state index contributed by atoms with van der Waals surface area (Å²) in [4.78, 5) is 18.1. The number of aromatic nitrogens is 1. The summed E-state index contributed by atoms with van der Waals surface area (Å²) in [7, 11) is -1.53. The van der Waals surface area contributed by atoms with Crippen LogP contribution in [0.4, 0.5) is 0 Å². The van der Waals surface area contributed by atoms with Gasteiger partial charge in [0.2, 0.25) is 10.0 Å². The monoisotopic (exact) mass is 309 g/mol. The zero-order chi connectivity index (χ0) is 15.0. The quantitative estimate of drug-likeness (QED) is 0.761. The van der Waals surface area contributed by atoms with E-state index in [1.165, 1.54) is 4.31 Å². The molecule has 0 N–H and O–H groups in total. The molecule has 2 aliphatic rings. The van der Waals surface area contributed by atoms with Crippen LogP contribution in [0.15, 0.2) is 24.5 Å². The average molecular weight is 309 g/mol.